The second-order valence-electron chi connectivity index (χ2n) is 3.81. The minimum atomic E-state index is -0.344. The zero-order valence-corrected chi connectivity index (χ0v) is 9.48. The molecule has 0 aliphatic carbocycles. The molecule has 2 heterocycles. The van der Waals surface area contributed by atoms with E-state index in [1.807, 2.05) is 12.1 Å². The molecule has 1 aliphatic heterocycles. The van der Waals surface area contributed by atoms with Gasteiger partial charge in [0.2, 0.25) is 0 Å². The van der Waals surface area contributed by atoms with Gasteiger partial charge in [-0.3, -0.25) is 0 Å². The van der Waals surface area contributed by atoms with Crippen molar-refractivity contribution in [2.24, 2.45) is 0 Å². The van der Waals surface area contributed by atoms with Crippen molar-refractivity contribution in [1.29, 1.82) is 0 Å². The van der Waals surface area contributed by atoms with E-state index in [2.05, 4.69) is 9.88 Å². The maximum Gasteiger partial charge on any atom is 0.356 e. The lowest BCUT2D eigenvalue weighted by Gasteiger charge is -2.17. The minimum Gasteiger partial charge on any atom is -0.461 e. The molecule has 0 amide bonds. The Morgan fingerprint density at radius 2 is 2.25 bits per heavy atom. The van der Waals surface area contributed by atoms with Crippen LogP contribution in [0.15, 0.2) is 18.3 Å². The average molecular weight is 220 g/mol. The largest absolute Gasteiger partial charge is 0.461 e. The van der Waals surface area contributed by atoms with Gasteiger partial charge in [-0.2, -0.15) is 0 Å². The highest BCUT2D eigenvalue weighted by atomic mass is 16.5. The SMILES string of the molecule is CCOC(=O)c1cc(N2CCCC2)ccn1. The van der Waals surface area contributed by atoms with E-state index in [-0.39, 0.29) is 5.97 Å². The summed E-state index contributed by atoms with van der Waals surface area (Å²) >= 11 is 0. The predicted octanol–water partition coefficient (Wildman–Crippen LogP) is 1.86. The quantitative estimate of drug-likeness (QED) is 0.729. The Morgan fingerprint density at radius 1 is 1.50 bits per heavy atom. The fourth-order valence-electron chi connectivity index (χ4n) is 1.91. The van der Waals surface area contributed by atoms with E-state index < -0.39 is 0 Å². The summed E-state index contributed by atoms with van der Waals surface area (Å²) in [5, 5.41) is 0. The van der Waals surface area contributed by atoms with E-state index >= 15 is 0 Å². The summed E-state index contributed by atoms with van der Waals surface area (Å²) in [6.07, 6.45) is 4.11. The van der Waals surface area contributed by atoms with Gasteiger partial charge in [0, 0.05) is 25.0 Å². The second-order valence-corrected chi connectivity index (χ2v) is 3.81. The second kappa shape index (κ2) is 4.96. The predicted molar refractivity (Wildman–Crippen MR) is 61.6 cm³/mol. The van der Waals surface area contributed by atoms with Crippen molar-refractivity contribution in [2.75, 3.05) is 24.6 Å². The molecule has 4 nitrogen and oxygen atoms in total. The van der Waals surface area contributed by atoms with Crippen molar-refractivity contribution in [3.8, 4) is 0 Å². The van der Waals surface area contributed by atoms with Crippen LogP contribution >= 0.6 is 0 Å². The summed E-state index contributed by atoms with van der Waals surface area (Å²) in [7, 11) is 0. The van der Waals surface area contributed by atoms with Crippen LogP contribution in [0.4, 0.5) is 5.69 Å². The Kier molecular flexibility index (Phi) is 3.39. The average Bonchev–Trinajstić information content (AvgIpc) is 2.83. The van der Waals surface area contributed by atoms with Gasteiger partial charge < -0.3 is 9.64 Å². The van der Waals surface area contributed by atoms with Gasteiger partial charge in [0.25, 0.3) is 0 Å². The molecule has 0 unspecified atom stereocenters. The molecule has 1 fully saturated rings. The number of nitrogens with zero attached hydrogens (tertiary/aromatic N) is 2. The van der Waals surface area contributed by atoms with Crippen LogP contribution in [0.2, 0.25) is 0 Å². The third-order valence-corrected chi connectivity index (χ3v) is 2.70. The fraction of sp³-hybridized carbons (Fsp3) is 0.500. The van der Waals surface area contributed by atoms with Crippen LogP contribution in [-0.2, 0) is 4.74 Å². The lowest BCUT2D eigenvalue weighted by molar-refractivity contribution is 0.0519. The van der Waals surface area contributed by atoms with Crippen molar-refractivity contribution in [1.82, 2.24) is 4.98 Å². The van der Waals surface area contributed by atoms with Crippen LogP contribution < -0.4 is 4.90 Å². The third-order valence-electron chi connectivity index (χ3n) is 2.70. The van der Waals surface area contributed by atoms with Crippen molar-refractivity contribution in [2.45, 2.75) is 19.8 Å². The van der Waals surface area contributed by atoms with E-state index in [0.29, 0.717) is 12.3 Å². The number of ether oxygens (including phenoxy) is 1. The molecule has 0 bridgehead atoms. The van der Waals surface area contributed by atoms with Crippen molar-refractivity contribution < 1.29 is 9.53 Å². The van der Waals surface area contributed by atoms with E-state index in [1.54, 1.807) is 13.1 Å². The summed E-state index contributed by atoms with van der Waals surface area (Å²) < 4.78 is 4.93. The first-order chi connectivity index (χ1) is 7.81. The third kappa shape index (κ3) is 2.32. The molecule has 86 valence electrons. The summed E-state index contributed by atoms with van der Waals surface area (Å²) in [5.74, 6) is -0.344. The van der Waals surface area contributed by atoms with E-state index in [4.69, 9.17) is 4.74 Å². The molecular weight excluding hydrogens is 204 g/mol. The smallest absolute Gasteiger partial charge is 0.356 e. The Morgan fingerprint density at radius 3 is 2.94 bits per heavy atom. The van der Waals surface area contributed by atoms with Gasteiger partial charge in [0.15, 0.2) is 0 Å². The molecule has 2 rings (SSSR count). The van der Waals surface area contributed by atoms with Crippen molar-refractivity contribution in [3.05, 3.63) is 24.0 Å². The molecular formula is C12H16N2O2. The minimum absolute atomic E-state index is 0.344. The Bertz CT molecular complexity index is 373. The summed E-state index contributed by atoms with van der Waals surface area (Å²) in [4.78, 5) is 17.8. The normalized spacial score (nSPS) is 15.2. The summed E-state index contributed by atoms with van der Waals surface area (Å²) in [6.45, 7) is 4.30. The van der Waals surface area contributed by atoms with Crippen LogP contribution in [0.25, 0.3) is 0 Å². The Hall–Kier alpha value is -1.58. The van der Waals surface area contributed by atoms with Crippen LogP contribution in [0, 0.1) is 0 Å². The Labute approximate surface area is 95.2 Å². The van der Waals surface area contributed by atoms with Gasteiger partial charge in [0.1, 0.15) is 5.69 Å². The molecule has 0 radical (unpaired) electrons. The number of rotatable bonds is 3. The molecule has 0 spiro atoms. The van der Waals surface area contributed by atoms with Gasteiger partial charge in [0.05, 0.1) is 6.61 Å². The molecule has 1 aliphatic rings. The zero-order valence-electron chi connectivity index (χ0n) is 9.48. The van der Waals surface area contributed by atoms with Crippen LogP contribution in [0.5, 0.6) is 0 Å². The highest BCUT2D eigenvalue weighted by Gasteiger charge is 2.15. The maximum atomic E-state index is 11.5. The van der Waals surface area contributed by atoms with E-state index in [0.717, 1.165) is 18.8 Å². The molecule has 1 saturated heterocycles. The number of carbonyl (C=O) groups is 1. The van der Waals surface area contributed by atoms with Crippen LogP contribution in [-0.4, -0.2) is 30.6 Å². The number of hydrogen-bond acceptors (Lipinski definition) is 4. The molecule has 0 atom stereocenters. The zero-order chi connectivity index (χ0) is 11.4. The van der Waals surface area contributed by atoms with E-state index in [9.17, 15) is 4.79 Å². The topological polar surface area (TPSA) is 42.4 Å². The summed E-state index contributed by atoms with van der Waals surface area (Å²) in [5.41, 5.74) is 1.46. The number of carbonyl (C=O) groups excluding carboxylic acids is 1. The molecule has 16 heavy (non-hydrogen) atoms. The molecule has 0 saturated carbocycles. The van der Waals surface area contributed by atoms with Gasteiger partial charge in [-0.05, 0) is 31.9 Å². The van der Waals surface area contributed by atoms with Crippen molar-refractivity contribution >= 4 is 11.7 Å². The van der Waals surface area contributed by atoms with Crippen LogP contribution in [0.1, 0.15) is 30.3 Å². The lowest BCUT2D eigenvalue weighted by atomic mass is 10.3. The molecule has 1 aromatic rings. The first-order valence-electron chi connectivity index (χ1n) is 5.69. The maximum absolute atomic E-state index is 11.5. The fourth-order valence-corrected chi connectivity index (χ4v) is 1.91. The first-order valence-corrected chi connectivity index (χ1v) is 5.69. The van der Waals surface area contributed by atoms with Gasteiger partial charge in [-0.25, -0.2) is 9.78 Å². The van der Waals surface area contributed by atoms with Crippen molar-refractivity contribution in [3.63, 3.8) is 0 Å². The Balaban J connectivity index is 2.15. The first kappa shape index (κ1) is 10.9. The van der Waals surface area contributed by atoms with Gasteiger partial charge >= 0.3 is 5.97 Å². The highest BCUT2D eigenvalue weighted by molar-refractivity contribution is 5.88. The van der Waals surface area contributed by atoms with Crippen LogP contribution in [0.3, 0.4) is 0 Å². The molecule has 0 aromatic carbocycles. The van der Waals surface area contributed by atoms with Gasteiger partial charge in [-0.15, -0.1) is 0 Å². The molecule has 1 aromatic heterocycles. The lowest BCUT2D eigenvalue weighted by Crippen LogP contribution is -2.18. The number of pyridine rings is 1. The number of anilines is 1. The molecule has 0 N–H and O–H groups in total. The number of aromatic nitrogens is 1. The standard InChI is InChI=1S/C12H16N2O2/c1-2-16-12(15)11-9-10(5-6-13-11)14-7-3-4-8-14/h5-6,9H,2-4,7-8H2,1H3. The van der Waals surface area contributed by atoms with E-state index in [1.165, 1.54) is 12.8 Å². The number of hydrogen-bond donors (Lipinski definition) is 0. The number of esters is 1. The summed E-state index contributed by atoms with van der Waals surface area (Å²) in [6, 6.07) is 3.75. The highest BCUT2D eigenvalue weighted by Crippen LogP contribution is 2.20. The van der Waals surface area contributed by atoms with Gasteiger partial charge in [-0.1, -0.05) is 0 Å². The molecule has 4 heteroatoms. The monoisotopic (exact) mass is 220 g/mol.